The van der Waals surface area contributed by atoms with Gasteiger partial charge in [-0.15, -0.1) is 0 Å². The fourth-order valence-corrected chi connectivity index (χ4v) is 4.78. The number of allylic oxidation sites excluding steroid dienone is 2. The highest BCUT2D eigenvalue weighted by Crippen LogP contribution is 2.39. The minimum Gasteiger partial charge on any atom is -0.292 e. The summed E-state index contributed by atoms with van der Waals surface area (Å²) in [6.45, 7) is 1.21. The molecule has 0 bridgehead atoms. The molecule has 35 heavy (non-hydrogen) atoms. The first-order valence-corrected chi connectivity index (χ1v) is 11.4. The van der Waals surface area contributed by atoms with Crippen molar-refractivity contribution >= 4 is 52.4 Å². The van der Waals surface area contributed by atoms with Gasteiger partial charge in [0.25, 0.3) is 23.4 Å². The van der Waals surface area contributed by atoms with Gasteiger partial charge in [-0.1, -0.05) is 34.9 Å². The fraction of sp³-hybridized carbons (Fsp3) is 0.250. The molecular formula is C24H19Cl2N3O6. The number of carbonyl (C=O) groups excluding carboxylic acids is 4. The van der Waals surface area contributed by atoms with Crippen molar-refractivity contribution in [2.75, 3.05) is 6.54 Å². The quantitative estimate of drug-likeness (QED) is 0.184. The van der Waals surface area contributed by atoms with Crippen LogP contribution in [0.3, 0.4) is 0 Å². The van der Waals surface area contributed by atoms with E-state index in [1.54, 1.807) is 0 Å². The largest absolute Gasteiger partial charge is 0.292 e. The number of carbonyl (C=O) groups is 4. The van der Waals surface area contributed by atoms with Crippen LogP contribution in [0.25, 0.3) is 0 Å². The molecule has 0 saturated carbocycles. The van der Waals surface area contributed by atoms with Gasteiger partial charge in [-0.2, -0.15) is 5.01 Å². The number of fused-ring (bicyclic) bond motifs is 1. The molecular weight excluding hydrogens is 497 g/mol. The molecule has 1 aliphatic carbocycles. The summed E-state index contributed by atoms with van der Waals surface area (Å²) in [6.07, 6.45) is 2.63. The molecule has 2 atom stereocenters. The minimum atomic E-state index is -0.827. The number of nitrogens with zero attached hydrogens (tertiary/aromatic N) is 3. The average Bonchev–Trinajstić information content (AvgIpc) is 3.06. The molecule has 1 fully saturated rings. The van der Waals surface area contributed by atoms with E-state index in [-0.39, 0.29) is 26.9 Å². The molecule has 11 heteroatoms. The Kier molecular flexibility index (Phi) is 6.73. The number of nitro groups is 1. The van der Waals surface area contributed by atoms with Gasteiger partial charge >= 0.3 is 0 Å². The number of non-ortho nitro benzene ring substituents is 1. The number of rotatable bonds is 6. The third-order valence-electron chi connectivity index (χ3n) is 6.13. The normalized spacial score (nSPS) is 19.3. The van der Waals surface area contributed by atoms with Crippen molar-refractivity contribution in [3.63, 3.8) is 0 Å². The summed E-state index contributed by atoms with van der Waals surface area (Å²) in [6, 6.07) is 8.93. The van der Waals surface area contributed by atoms with Crippen LogP contribution in [0.15, 0.2) is 54.1 Å². The van der Waals surface area contributed by atoms with Crippen LogP contribution in [0, 0.1) is 22.0 Å². The van der Waals surface area contributed by atoms with Crippen molar-refractivity contribution in [3.8, 4) is 0 Å². The second kappa shape index (κ2) is 9.59. The Morgan fingerprint density at radius 3 is 2.37 bits per heavy atom. The lowest BCUT2D eigenvalue weighted by Crippen LogP contribution is -2.52. The number of benzene rings is 2. The minimum absolute atomic E-state index is 0.00990. The topological polar surface area (TPSA) is 118 Å². The first kappa shape index (κ1) is 24.6. The lowest BCUT2D eigenvalue weighted by molar-refractivity contribution is -0.384. The van der Waals surface area contributed by atoms with Gasteiger partial charge in [0.2, 0.25) is 0 Å². The van der Waals surface area contributed by atoms with Gasteiger partial charge in [0.1, 0.15) is 6.54 Å². The summed E-state index contributed by atoms with van der Waals surface area (Å²) < 4.78 is 0. The maximum atomic E-state index is 13.5. The van der Waals surface area contributed by atoms with Gasteiger partial charge in [-0.05, 0) is 50.1 Å². The number of hydrogen-bond acceptors (Lipinski definition) is 6. The van der Waals surface area contributed by atoms with E-state index in [1.165, 1.54) is 30.3 Å². The monoisotopic (exact) mass is 515 g/mol. The van der Waals surface area contributed by atoms with E-state index in [0.717, 1.165) is 27.7 Å². The summed E-state index contributed by atoms with van der Waals surface area (Å²) >= 11 is 12.1. The molecule has 0 unspecified atom stereocenters. The van der Waals surface area contributed by atoms with E-state index in [2.05, 4.69) is 0 Å². The number of hydrazine groups is 1. The summed E-state index contributed by atoms with van der Waals surface area (Å²) in [4.78, 5) is 63.5. The Balaban J connectivity index is 1.70. The van der Waals surface area contributed by atoms with Crippen molar-refractivity contribution in [3.05, 3.63) is 85.4 Å². The van der Waals surface area contributed by atoms with Crippen LogP contribution in [0.4, 0.5) is 5.69 Å². The molecule has 180 valence electrons. The Hall–Kier alpha value is -3.56. The average molecular weight is 516 g/mol. The maximum Gasteiger partial charge on any atom is 0.274 e. The summed E-state index contributed by atoms with van der Waals surface area (Å²) in [5.41, 5.74) is 0.788. The molecule has 3 amide bonds. The summed E-state index contributed by atoms with van der Waals surface area (Å²) in [5, 5.41) is 12.7. The lowest BCUT2D eigenvalue weighted by Gasteiger charge is -2.30. The molecule has 2 aromatic carbocycles. The van der Waals surface area contributed by atoms with Crippen LogP contribution < -0.4 is 0 Å². The highest BCUT2D eigenvalue weighted by atomic mass is 35.5. The van der Waals surface area contributed by atoms with E-state index in [0.29, 0.717) is 12.8 Å². The number of Topliss-reactive ketones (excluding diaryl/α,β-unsaturated/α-hetero) is 1. The molecule has 1 heterocycles. The standard InChI is InChI=1S/C24H19Cl2N3O6/c1-13-2-8-17-19(10-13)24(33)28(23(17)32)27(22(31)18-9-5-15(25)11-20(18)26)12-21(30)14-3-6-16(7-4-14)29(34)35/h2-7,9,11,17,19H,8,10,12H2,1H3/t17-,19-/m0/s1. The van der Waals surface area contributed by atoms with Crippen molar-refractivity contribution in [2.24, 2.45) is 11.8 Å². The fourth-order valence-electron chi connectivity index (χ4n) is 4.29. The lowest BCUT2D eigenvalue weighted by atomic mass is 9.82. The van der Waals surface area contributed by atoms with Crippen molar-refractivity contribution < 1.29 is 24.1 Å². The van der Waals surface area contributed by atoms with Gasteiger partial charge in [0.05, 0.1) is 27.3 Å². The highest BCUT2D eigenvalue weighted by Gasteiger charge is 2.51. The smallest absolute Gasteiger partial charge is 0.274 e. The second-order valence-corrected chi connectivity index (χ2v) is 9.25. The van der Waals surface area contributed by atoms with Crippen molar-refractivity contribution in [2.45, 2.75) is 19.8 Å². The summed E-state index contributed by atoms with van der Waals surface area (Å²) in [5.74, 6) is -3.84. The van der Waals surface area contributed by atoms with E-state index >= 15 is 0 Å². The van der Waals surface area contributed by atoms with Crippen LogP contribution >= 0.6 is 23.2 Å². The number of ketones is 1. The third-order valence-corrected chi connectivity index (χ3v) is 6.68. The van der Waals surface area contributed by atoms with Crippen LogP contribution in [-0.4, -0.2) is 45.0 Å². The van der Waals surface area contributed by atoms with E-state index in [4.69, 9.17) is 23.2 Å². The zero-order valence-electron chi connectivity index (χ0n) is 18.4. The number of nitro benzene ring substituents is 1. The maximum absolute atomic E-state index is 13.5. The Morgan fingerprint density at radius 1 is 1.09 bits per heavy atom. The molecule has 9 nitrogen and oxygen atoms in total. The zero-order chi connectivity index (χ0) is 25.4. The SMILES string of the molecule is CC1=CC[C@@H]2C(=O)N(N(CC(=O)c3ccc([N+](=O)[O-])cc3)C(=O)c3ccc(Cl)cc3Cl)C(=O)[C@H]2C1. The molecule has 2 aliphatic rings. The first-order chi connectivity index (χ1) is 16.6. The third kappa shape index (κ3) is 4.69. The molecule has 0 radical (unpaired) electrons. The number of hydrogen-bond donors (Lipinski definition) is 0. The van der Waals surface area contributed by atoms with Gasteiger partial charge in [0.15, 0.2) is 5.78 Å². The van der Waals surface area contributed by atoms with Crippen LogP contribution in [-0.2, 0) is 9.59 Å². The van der Waals surface area contributed by atoms with Gasteiger partial charge < -0.3 is 0 Å². The van der Waals surface area contributed by atoms with Gasteiger partial charge in [0, 0.05) is 22.7 Å². The molecule has 0 spiro atoms. The van der Waals surface area contributed by atoms with Crippen molar-refractivity contribution in [1.82, 2.24) is 10.0 Å². The molecule has 0 N–H and O–H groups in total. The van der Waals surface area contributed by atoms with Crippen LogP contribution in [0.1, 0.15) is 40.5 Å². The van der Waals surface area contributed by atoms with E-state index in [9.17, 15) is 29.3 Å². The number of halogens is 2. The zero-order valence-corrected chi connectivity index (χ0v) is 20.0. The van der Waals surface area contributed by atoms with Gasteiger partial charge in [-0.3, -0.25) is 29.3 Å². The van der Waals surface area contributed by atoms with Crippen molar-refractivity contribution in [1.29, 1.82) is 0 Å². The molecule has 4 rings (SSSR count). The molecule has 1 saturated heterocycles. The molecule has 0 aromatic heterocycles. The van der Waals surface area contributed by atoms with Gasteiger partial charge in [-0.25, -0.2) is 5.01 Å². The Morgan fingerprint density at radius 2 is 1.74 bits per heavy atom. The molecule has 2 aromatic rings. The predicted molar refractivity (Wildman–Crippen MR) is 127 cm³/mol. The first-order valence-electron chi connectivity index (χ1n) is 10.7. The van der Waals surface area contributed by atoms with E-state index in [1.807, 2.05) is 13.0 Å². The Labute approximate surface area is 210 Å². The second-order valence-electron chi connectivity index (χ2n) is 8.41. The highest BCUT2D eigenvalue weighted by molar-refractivity contribution is 6.36. The Bertz CT molecular complexity index is 1290. The van der Waals surface area contributed by atoms with Crippen LogP contribution in [0.2, 0.25) is 10.0 Å². The molecule has 1 aliphatic heterocycles. The van der Waals surface area contributed by atoms with Crippen LogP contribution in [0.5, 0.6) is 0 Å². The number of imide groups is 1. The number of amides is 3. The predicted octanol–water partition coefficient (Wildman–Crippen LogP) is 4.48. The van der Waals surface area contributed by atoms with E-state index < -0.39 is 46.8 Å². The summed E-state index contributed by atoms with van der Waals surface area (Å²) in [7, 11) is 0.